The zero-order chi connectivity index (χ0) is 13.6. The summed E-state index contributed by atoms with van der Waals surface area (Å²) < 4.78 is 1.13. The van der Waals surface area contributed by atoms with Crippen LogP contribution in [-0.4, -0.2) is 10.1 Å². The van der Waals surface area contributed by atoms with E-state index in [0.717, 1.165) is 20.8 Å². The highest BCUT2D eigenvalue weighted by atomic mass is 32.1. The maximum absolute atomic E-state index is 9.95. The Labute approximate surface area is 115 Å². The van der Waals surface area contributed by atoms with E-state index in [0.29, 0.717) is 11.3 Å². The summed E-state index contributed by atoms with van der Waals surface area (Å²) in [6.45, 7) is 4.13. The van der Waals surface area contributed by atoms with Crippen LogP contribution >= 0.6 is 11.3 Å². The number of thiazole rings is 1. The minimum absolute atomic E-state index is 0.211. The van der Waals surface area contributed by atoms with E-state index in [4.69, 9.17) is 5.73 Å². The van der Waals surface area contributed by atoms with Crippen molar-refractivity contribution in [2.24, 2.45) is 0 Å². The summed E-state index contributed by atoms with van der Waals surface area (Å²) in [5.41, 5.74) is 10.5. The molecule has 0 fully saturated rings. The second-order valence-electron chi connectivity index (χ2n) is 4.72. The van der Waals surface area contributed by atoms with Gasteiger partial charge in [0.2, 0.25) is 0 Å². The van der Waals surface area contributed by atoms with Crippen molar-refractivity contribution < 1.29 is 5.11 Å². The SMILES string of the molecule is Cc1cc(C)c2nc(-c3cc(N)ccc3O)sc2c1. The average molecular weight is 270 g/mol. The fourth-order valence-corrected chi connectivity index (χ4v) is 3.38. The van der Waals surface area contributed by atoms with Crippen molar-refractivity contribution in [1.29, 1.82) is 0 Å². The zero-order valence-corrected chi connectivity index (χ0v) is 11.6. The van der Waals surface area contributed by atoms with Gasteiger partial charge in [-0.2, -0.15) is 0 Å². The molecule has 3 N–H and O–H groups in total. The van der Waals surface area contributed by atoms with Gasteiger partial charge in [-0.3, -0.25) is 0 Å². The Morgan fingerprint density at radius 2 is 1.95 bits per heavy atom. The Balaban J connectivity index is 2.26. The maximum atomic E-state index is 9.95. The highest BCUT2D eigenvalue weighted by Crippen LogP contribution is 2.37. The number of aromatic hydroxyl groups is 1. The van der Waals surface area contributed by atoms with Crippen LogP contribution in [0.1, 0.15) is 11.1 Å². The Kier molecular flexibility index (Phi) is 2.68. The molecule has 0 saturated carbocycles. The second-order valence-corrected chi connectivity index (χ2v) is 5.75. The first-order valence-electron chi connectivity index (χ1n) is 6.01. The smallest absolute Gasteiger partial charge is 0.128 e. The number of hydrogen-bond acceptors (Lipinski definition) is 4. The van der Waals surface area contributed by atoms with Crippen LogP contribution in [0.15, 0.2) is 30.3 Å². The van der Waals surface area contributed by atoms with Crippen molar-refractivity contribution in [3.63, 3.8) is 0 Å². The molecule has 1 heterocycles. The lowest BCUT2D eigenvalue weighted by Gasteiger charge is -2.01. The summed E-state index contributed by atoms with van der Waals surface area (Å²) >= 11 is 1.57. The molecule has 0 spiro atoms. The molecule has 0 amide bonds. The number of phenolic OH excluding ortho intramolecular Hbond substituents is 1. The van der Waals surface area contributed by atoms with Crippen molar-refractivity contribution >= 4 is 27.2 Å². The van der Waals surface area contributed by atoms with Gasteiger partial charge in [0, 0.05) is 5.69 Å². The maximum Gasteiger partial charge on any atom is 0.128 e. The van der Waals surface area contributed by atoms with Crippen LogP contribution in [0, 0.1) is 13.8 Å². The van der Waals surface area contributed by atoms with Crippen molar-refractivity contribution in [3.8, 4) is 16.3 Å². The van der Waals surface area contributed by atoms with E-state index >= 15 is 0 Å². The van der Waals surface area contributed by atoms with Gasteiger partial charge in [-0.05, 0) is 49.2 Å². The number of aromatic nitrogens is 1. The summed E-state index contributed by atoms with van der Waals surface area (Å²) in [5.74, 6) is 0.211. The number of fused-ring (bicyclic) bond motifs is 1. The Hall–Kier alpha value is -2.07. The molecular formula is C15H14N2OS. The van der Waals surface area contributed by atoms with Crippen molar-refractivity contribution in [2.45, 2.75) is 13.8 Å². The van der Waals surface area contributed by atoms with E-state index in [1.54, 1.807) is 29.5 Å². The molecule has 19 heavy (non-hydrogen) atoms. The van der Waals surface area contributed by atoms with Gasteiger partial charge in [0.25, 0.3) is 0 Å². The second kappa shape index (κ2) is 4.24. The van der Waals surface area contributed by atoms with Gasteiger partial charge < -0.3 is 10.8 Å². The number of nitrogens with zero attached hydrogens (tertiary/aromatic N) is 1. The summed E-state index contributed by atoms with van der Waals surface area (Å²) in [6, 6.07) is 9.28. The molecule has 0 aliphatic rings. The van der Waals surface area contributed by atoms with E-state index < -0.39 is 0 Å². The van der Waals surface area contributed by atoms with Gasteiger partial charge in [-0.25, -0.2) is 4.98 Å². The summed E-state index contributed by atoms with van der Waals surface area (Å²) in [7, 11) is 0. The van der Waals surface area contributed by atoms with Crippen LogP contribution in [0.5, 0.6) is 5.75 Å². The third kappa shape index (κ3) is 2.04. The molecule has 0 aliphatic heterocycles. The van der Waals surface area contributed by atoms with Crippen LogP contribution in [0.3, 0.4) is 0 Å². The van der Waals surface area contributed by atoms with E-state index in [1.807, 2.05) is 0 Å². The molecule has 96 valence electrons. The van der Waals surface area contributed by atoms with Gasteiger partial charge in [-0.1, -0.05) is 6.07 Å². The molecule has 4 heteroatoms. The molecular weight excluding hydrogens is 256 g/mol. The number of phenols is 1. The van der Waals surface area contributed by atoms with Crippen LogP contribution in [0.2, 0.25) is 0 Å². The van der Waals surface area contributed by atoms with E-state index in [-0.39, 0.29) is 5.75 Å². The predicted molar refractivity (Wildman–Crippen MR) is 80.6 cm³/mol. The minimum Gasteiger partial charge on any atom is -0.507 e. The highest BCUT2D eigenvalue weighted by molar-refractivity contribution is 7.21. The lowest BCUT2D eigenvalue weighted by Crippen LogP contribution is -1.86. The largest absolute Gasteiger partial charge is 0.507 e. The first-order valence-corrected chi connectivity index (χ1v) is 6.83. The first kappa shape index (κ1) is 12.0. The van der Waals surface area contributed by atoms with Gasteiger partial charge in [0.1, 0.15) is 10.8 Å². The van der Waals surface area contributed by atoms with Crippen molar-refractivity contribution in [1.82, 2.24) is 4.98 Å². The number of hydrogen-bond donors (Lipinski definition) is 2. The third-order valence-electron chi connectivity index (χ3n) is 3.08. The molecule has 0 unspecified atom stereocenters. The lowest BCUT2D eigenvalue weighted by molar-refractivity contribution is 0.477. The zero-order valence-electron chi connectivity index (χ0n) is 10.8. The van der Waals surface area contributed by atoms with Gasteiger partial charge in [-0.15, -0.1) is 11.3 Å². The first-order chi connectivity index (χ1) is 9.04. The molecule has 0 radical (unpaired) electrons. The highest BCUT2D eigenvalue weighted by Gasteiger charge is 2.12. The van der Waals surface area contributed by atoms with Crippen LogP contribution in [0.25, 0.3) is 20.8 Å². The fourth-order valence-electron chi connectivity index (χ4n) is 2.21. The topological polar surface area (TPSA) is 59.1 Å². The van der Waals surface area contributed by atoms with Crippen molar-refractivity contribution in [3.05, 3.63) is 41.5 Å². The normalized spacial score (nSPS) is 11.1. The minimum atomic E-state index is 0.211. The van der Waals surface area contributed by atoms with Crippen LogP contribution in [0.4, 0.5) is 5.69 Å². The number of rotatable bonds is 1. The Morgan fingerprint density at radius 3 is 2.74 bits per heavy atom. The quantitative estimate of drug-likeness (QED) is 0.521. The van der Waals surface area contributed by atoms with Gasteiger partial charge in [0.15, 0.2) is 0 Å². The van der Waals surface area contributed by atoms with Gasteiger partial charge >= 0.3 is 0 Å². The van der Waals surface area contributed by atoms with Gasteiger partial charge in [0.05, 0.1) is 15.8 Å². The molecule has 0 saturated heterocycles. The van der Waals surface area contributed by atoms with Crippen molar-refractivity contribution in [2.75, 3.05) is 5.73 Å². The molecule has 3 aromatic rings. The predicted octanol–water partition coefficient (Wildman–Crippen LogP) is 3.87. The number of nitrogens with two attached hydrogens (primary N) is 1. The number of benzene rings is 2. The van der Waals surface area contributed by atoms with Crippen LogP contribution in [-0.2, 0) is 0 Å². The fraction of sp³-hybridized carbons (Fsp3) is 0.133. The van der Waals surface area contributed by atoms with Crippen LogP contribution < -0.4 is 5.73 Å². The monoisotopic (exact) mass is 270 g/mol. The van der Waals surface area contributed by atoms with E-state index in [1.165, 1.54) is 5.56 Å². The summed E-state index contributed by atoms with van der Waals surface area (Å²) in [5, 5.41) is 10.7. The standard InChI is InChI=1S/C15H14N2OS/c1-8-5-9(2)14-13(6-8)19-15(17-14)11-7-10(16)3-4-12(11)18/h3-7,18H,16H2,1-2H3. The number of nitrogen functional groups attached to an aromatic ring is 1. The molecule has 0 atom stereocenters. The Morgan fingerprint density at radius 1 is 1.16 bits per heavy atom. The molecule has 1 aromatic heterocycles. The molecule has 0 aliphatic carbocycles. The average Bonchev–Trinajstić information content (AvgIpc) is 2.76. The summed E-state index contributed by atoms with van der Waals surface area (Å²) in [4.78, 5) is 4.63. The molecule has 3 rings (SSSR count). The lowest BCUT2D eigenvalue weighted by atomic mass is 10.1. The summed E-state index contributed by atoms with van der Waals surface area (Å²) in [6.07, 6.45) is 0. The molecule has 3 nitrogen and oxygen atoms in total. The Bertz CT molecular complexity index is 777. The van der Waals surface area contributed by atoms with E-state index in [9.17, 15) is 5.11 Å². The van der Waals surface area contributed by atoms with E-state index in [2.05, 4.69) is 31.0 Å². The molecule has 0 bridgehead atoms. The number of anilines is 1. The number of aryl methyl sites for hydroxylation is 2. The third-order valence-corrected chi connectivity index (χ3v) is 4.12. The molecule has 2 aromatic carbocycles.